The highest BCUT2D eigenvalue weighted by Gasteiger charge is 2.01. The SMILES string of the molecule is CCc1ccc2c(cnc3ccccc32)c1. The molecular weight excluding hydrogens is 194 g/mol. The summed E-state index contributed by atoms with van der Waals surface area (Å²) in [5, 5.41) is 3.77. The van der Waals surface area contributed by atoms with E-state index in [2.05, 4.69) is 48.3 Å². The Labute approximate surface area is 94.7 Å². The number of aromatic nitrogens is 1. The van der Waals surface area contributed by atoms with Crippen molar-refractivity contribution in [3.63, 3.8) is 0 Å². The Morgan fingerprint density at radius 1 is 1.00 bits per heavy atom. The van der Waals surface area contributed by atoms with E-state index in [1.807, 2.05) is 12.3 Å². The van der Waals surface area contributed by atoms with Gasteiger partial charge in [-0.15, -0.1) is 0 Å². The largest absolute Gasteiger partial charge is 0.256 e. The third-order valence-electron chi connectivity index (χ3n) is 3.06. The minimum atomic E-state index is 1.07. The molecule has 0 saturated carbocycles. The van der Waals surface area contributed by atoms with Gasteiger partial charge in [-0.05, 0) is 29.5 Å². The third kappa shape index (κ3) is 1.36. The molecule has 1 heterocycles. The normalized spacial score (nSPS) is 11.1. The molecule has 0 aliphatic rings. The van der Waals surface area contributed by atoms with Crippen LogP contribution in [0.3, 0.4) is 0 Å². The molecule has 0 atom stereocenters. The maximum absolute atomic E-state index is 4.48. The number of fused-ring (bicyclic) bond motifs is 3. The van der Waals surface area contributed by atoms with Crippen LogP contribution in [-0.4, -0.2) is 4.98 Å². The molecule has 0 radical (unpaired) electrons. The topological polar surface area (TPSA) is 12.9 Å². The van der Waals surface area contributed by atoms with Crippen molar-refractivity contribution in [2.75, 3.05) is 0 Å². The van der Waals surface area contributed by atoms with Crippen LogP contribution in [0.15, 0.2) is 48.7 Å². The van der Waals surface area contributed by atoms with Crippen molar-refractivity contribution >= 4 is 21.7 Å². The minimum absolute atomic E-state index is 1.07. The Hall–Kier alpha value is -1.89. The van der Waals surface area contributed by atoms with Gasteiger partial charge in [-0.2, -0.15) is 0 Å². The van der Waals surface area contributed by atoms with Gasteiger partial charge < -0.3 is 0 Å². The van der Waals surface area contributed by atoms with Crippen molar-refractivity contribution in [1.29, 1.82) is 0 Å². The Kier molecular flexibility index (Phi) is 2.10. The lowest BCUT2D eigenvalue weighted by molar-refractivity contribution is 1.15. The molecule has 0 spiro atoms. The van der Waals surface area contributed by atoms with Crippen molar-refractivity contribution in [2.24, 2.45) is 0 Å². The van der Waals surface area contributed by atoms with E-state index < -0.39 is 0 Å². The Morgan fingerprint density at radius 2 is 1.88 bits per heavy atom. The third-order valence-corrected chi connectivity index (χ3v) is 3.06. The quantitative estimate of drug-likeness (QED) is 0.550. The molecule has 0 saturated heterocycles. The zero-order valence-electron chi connectivity index (χ0n) is 9.27. The molecule has 16 heavy (non-hydrogen) atoms. The lowest BCUT2D eigenvalue weighted by Crippen LogP contribution is -1.84. The molecule has 0 bridgehead atoms. The van der Waals surface area contributed by atoms with Gasteiger partial charge in [0.25, 0.3) is 0 Å². The van der Waals surface area contributed by atoms with E-state index >= 15 is 0 Å². The van der Waals surface area contributed by atoms with E-state index in [0.717, 1.165) is 11.9 Å². The molecule has 0 aliphatic carbocycles. The van der Waals surface area contributed by atoms with Crippen LogP contribution in [0, 0.1) is 0 Å². The first-order valence-electron chi connectivity index (χ1n) is 5.65. The van der Waals surface area contributed by atoms with Crippen LogP contribution in [0.4, 0.5) is 0 Å². The summed E-state index contributed by atoms with van der Waals surface area (Å²) < 4.78 is 0. The zero-order valence-corrected chi connectivity index (χ0v) is 9.27. The number of rotatable bonds is 1. The lowest BCUT2D eigenvalue weighted by atomic mass is 10.0. The first kappa shape index (κ1) is 9.34. The van der Waals surface area contributed by atoms with Gasteiger partial charge in [0.05, 0.1) is 5.52 Å². The number of hydrogen-bond donors (Lipinski definition) is 0. The highest BCUT2D eigenvalue weighted by Crippen LogP contribution is 2.24. The second-order valence-corrected chi connectivity index (χ2v) is 4.05. The van der Waals surface area contributed by atoms with Gasteiger partial charge in [0.1, 0.15) is 0 Å². The van der Waals surface area contributed by atoms with E-state index in [9.17, 15) is 0 Å². The first-order chi connectivity index (χ1) is 7.88. The van der Waals surface area contributed by atoms with Crippen LogP contribution in [0.25, 0.3) is 21.7 Å². The fourth-order valence-corrected chi connectivity index (χ4v) is 2.14. The van der Waals surface area contributed by atoms with Crippen LogP contribution < -0.4 is 0 Å². The van der Waals surface area contributed by atoms with Gasteiger partial charge in [-0.25, -0.2) is 0 Å². The van der Waals surface area contributed by atoms with Crippen LogP contribution in [0.2, 0.25) is 0 Å². The summed E-state index contributed by atoms with van der Waals surface area (Å²) in [6.07, 6.45) is 3.04. The van der Waals surface area contributed by atoms with Gasteiger partial charge in [0.2, 0.25) is 0 Å². The summed E-state index contributed by atoms with van der Waals surface area (Å²) >= 11 is 0. The number of pyridine rings is 1. The number of nitrogens with zero attached hydrogens (tertiary/aromatic N) is 1. The molecule has 0 amide bonds. The molecule has 0 unspecified atom stereocenters. The Balaban J connectivity index is 2.43. The first-order valence-corrected chi connectivity index (χ1v) is 5.65. The number of aryl methyl sites for hydroxylation is 1. The zero-order chi connectivity index (χ0) is 11.0. The molecule has 3 rings (SSSR count). The van der Waals surface area contributed by atoms with Crippen LogP contribution >= 0.6 is 0 Å². The van der Waals surface area contributed by atoms with Crippen molar-refractivity contribution in [3.8, 4) is 0 Å². The Bertz CT molecular complexity index is 656. The van der Waals surface area contributed by atoms with Crippen molar-refractivity contribution in [1.82, 2.24) is 4.98 Å². The number of benzene rings is 2. The molecule has 0 fully saturated rings. The van der Waals surface area contributed by atoms with E-state index in [4.69, 9.17) is 0 Å². The molecule has 3 aromatic rings. The summed E-state index contributed by atoms with van der Waals surface area (Å²) in [4.78, 5) is 4.48. The Morgan fingerprint density at radius 3 is 2.75 bits per heavy atom. The van der Waals surface area contributed by atoms with Gasteiger partial charge in [0, 0.05) is 17.0 Å². The number of hydrogen-bond acceptors (Lipinski definition) is 1. The molecule has 0 N–H and O–H groups in total. The molecule has 78 valence electrons. The van der Waals surface area contributed by atoms with Crippen molar-refractivity contribution in [3.05, 3.63) is 54.2 Å². The minimum Gasteiger partial charge on any atom is -0.256 e. The van der Waals surface area contributed by atoms with Crippen LogP contribution in [0.1, 0.15) is 12.5 Å². The fraction of sp³-hybridized carbons (Fsp3) is 0.133. The predicted octanol–water partition coefficient (Wildman–Crippen LogP) is 3.95. The highest BCUT2D eigenvalue weighted by atomic mass is 14.6. The van der Waals surface area contributed by atoms with Gasteiger partial charge in [-0.3, -0.25) is 4.98 Å². The monoisotopic (exact) mass is 207 g/mol. The number of para-hydroxylation sites is 1. The summed E-state index contributed by atoms with van der Waals surface area (Å²) in [6.45, 7) is 2.18. The molecule has 1 nitrogen and oxygen atoms in total. The second kappa shape index (κ2) is 3.60. The average Bonchev–Trinajstić information content (AvgIpc) is 2.38. The standard InChI is InChI=1S/C15H13N/c1-2-11-7-8-13-12(9-11)10-16-15-6-4-3-5-14(13)15/h3-10H,2H2,1H3. The van der Waals surface area contributed by atoms with Crippen LogP contribution in [-0.2, 0) is 6.42 Å². The van der Waals surface area contributed by atoms with E-state index in [1.54, 1.807) is 0 Å². The molecular formula is C15H13N. The van der Waals surface area contributed by atoms with Crippen LogP contribution in [0.5, 0.6) is 0 Å². The molecule has 0 aliphatic heterocycles. The summed E-state index contributed by atoms with van der Waals surface area (Å²) in [6, 6.07) is 14.9. The lowest BCUT2D eigenvalue weighted by Gasteiger charge is -2.04. The van der Waals surface area contributed by atoms with Gasteiger partial charge in [-0.1, -0.05) is 37.3 Å². The van der Waals surface area contributed by atoms with Crippen molar-refractivity contribution < 1.29 is 0 Å². The fourth-order valence-electron chi connectivity index (χ4n) is 2.14. The van der Waals surface area contributed by atoms with Gasteiger partial charge in [0.15, 0.2) is 0 Å². The molecule has 1 heteroatoms. The summed E-state index contributed by atoms with van der Waals surface area (Å²) in [7, 11) is 0. The van der Waals surface area contributed by atoms with Gasteiger partial charge >= 0.3 is 0 Å². The summed E-state index contributed by atoms with van der Waals surface area (Å²) in [5.41, 5.74) is 2.43. The summed E-state index contributed by atoms with van der Waals surface area (Å²) in [5.74, 6) is 0. The molecule has 1 aromatic heterocycles. The van der Waals surface area contributed by atoms with Crippen molar-refractivity contribution in [2.45, 2.75) is 13.3 Å². The average molecular weight is 207 g/mol. The van der Waals surface area contributed by atoms with E-state index in [-0.39, 0.29) is 0 Å². The second-order valence-electron chi connectivity index (χ2n) is 4.05. The highest BCUT2D eigenvalue weighted by molar-refractivity contribution is 6.05. The predicted molar refractivity (Wildman–Crippen MR) is 68.6 cm³/mol. The maximum Gasteiger partial charge on any atom is 0.0708 e. The smallest absolute Gasteiger partial charge is 0.0708 e. The van der Waals surface area contributed by atoms with E-state index in [0.29, 0.717) is 0 Å². The van der Waals surface area contributed by atoms with E-state index in [1.165, 1.54) is 21.7 Å². The molecule has 2 aromatic carbocycles. The maximum atomic E-state index is 4.48.